The first kappa shape index (κ1) is 13.4. The lowest BCUT2D eigenvalue weighted by Crippen LogP contribution is -2.18. The predicted octanol–water partition coefficient (Wildman–Crippen LogP) is 3.14. The lowest BCUT2D eigenvalue weighted by Gasteiger charge is -2.09. The number of rotatable bonds is 3. The summed E-state index contributed by atoms with van der Waals surface area (Å²) in [6.07, 6.45) is 0. The molecule has 0 aliphatic rings. The molecule has 6 heteroatoms. The SMILES string of the molecule is CC(C)C(N)c1noc(-c2ccc(F)cc2I)n1. The van der Waals surface area contributed by atoms with Crippen LogP contribution in [0.1, 0.15) is 25.7 Å². The van der Waals surface area contributed by atoms with Gasteiger partial charge in [0.25, 0.3) is 5.89 Å². The standard InChI is InChI=1S/C12H13FIN3O/c1-6(2)10(15)11-16-12(18-17-11)8-4-3-7(13)5-9(8)14/h3-6,10H,15H2,1-2H3. The normalized spacial score (nSPS) is 13.0. The summed E-state index contributed by atoms with van der Waals surface area (Å²) in [7, 11) is 0. The molecule has 96 valence electrons. The summed E-state index contributed by atoms with van der Waals surface area (Å²) in [4.78, 5) is 4.26. The zero-order chi connectivity index (χ0) is 13.3. The first-order valence-corrected chi connectivity index (χ1v) is 6.61. The topological polar surface area (TPSA) is 64.9 Å². The summed E-state index contributed by atoms with van der Waals surface area (Å²) in [5.41, 5.74) is 6.66. The van der Waals surface area contributed by atoms with E-state index in [-0.39, 0.29) is 17.8 Å². The average molecular weight is 361 g/mol. The largest absolute Gasteiger partial charge is 0.334 e. The fraction of sp³-hybridized carbons (Fsp3) is 0.333. The molecular formula is C12H13FIN3O. The third-order valence-electron chi connectivity index (χ3n) is 2.62. The molecule has 18 heavy (non-hydrogen) atoms. The number of nitrogens with two attached hydrogens (primary N) is 1. The summed E-state index contributed by atoms with van der Waals surface area (Å²) < 4.78 is 18.9. The molecule has 2 aromatic rings. The molecule has 0 aliphatic heterocycles. The second kappa shape index (κ2) is 5.31. The van der Waals surface area contributed by atoms with E-state index in [1.165, 1.54) is 12.1 Å². The summed E-state index contributed by atoms with van der Waals surface area (Å²) in [6.45, 7) is 3.98. The van der Waals surface area contributed by atoms with Gasteiger partial charge >= 0.3 is 0 Å². The highest BCUT2D eigenvalue weighted by Gasteiger charge is 2.19. The van der Waals surface area contributed by atoms with Crippen LogP contribution in [0.25, 0.3) is 11.5 Å². The van der Waals surface area contributed by atoms with Crippen molar-refractivity contribution >= 4 is 22.6 Å². The van der Waals surface area contributed by atoms with E-state index in [0.717, 1.165) is 3.57 Å². The molecule has 0 radical (unpaired) electrons. The van der Waals surface area contributed by atoms with Gasteiger partial charge in [0.05, 0.1) is 11.6 Å². The minimum absolute atomic E-state index is 0.225. The van der Waals surface area contributed by atoms with Crippen LogP contribution < -0.4 is 5.73 Å². The number of benzene rings is 1. The van der Waals surface area contributed by atoms with Crippen molar-refractivity contribution in [2.75, 3.05) is 0 Å². The molecule has 0 saturated carbocycles. The van der Waals surface area contributed by atoms with Crippen LogP contribution in [0.3, 0.4) is 0 Å². The predicted molar refractivity (Wildman–Crippen MR) is 74.2 cm³/mol. The van der Waals surface area contributed by atoms with Crippen molar-refractivity contribution in [2.45, 2.75) is 19.9 Å². The third-order valence-corrected chi connectivity index (χ3v) is 3.51. The molecular weight excluding hydrogens is 348 g/mol. The van der Waals surface area contributed by atoms with E-state index in [2.05, 4.69) is 10.1 Å². The van der Waals surface area contributed by atoms with Crippen LogP contribution in [-0.2, 0) is 0 Å². The minimum Gasteiger partial charge on any atom is -0.334 e. The van der Waals surface area contributed by atoms with Gasteiger partial charge in [-0.15, -0.1) is 0 Å². The summed E-state index contributed by atoms with van der Waals surface area (Å²) in [5, 5.41) is 3.87. The Hall–Kier alpha value is -1.02. The van der Waals surface area contributed by atoms with Crippen LogP contribution in [0.15, 0.2) is 22.7 Å². The highest BCUT2D eigenvalue weighted by molar-refractivity contribution is 14.1. The molecule has 0 fully saturated rings. The van der Waals surface area contributed by atoms with Gasteiger partial charge in [0, 0.05) is 3.57 Å². The highest BCUT2D eigenvalue weighted by atomic mass is 127. The van der Waals surface area contributed by atoms with Crippen molar-refractivity contribution in [3.63, 3.8) is 0 Å². The number of nitrogens with zero attached hydrogens (tertiary/aromatic N) is 2. The molecule has 1 unspecified atom stereocenters. The number of hydrogen-bond acceptors (Lipinski definition) is 4. The Bertz CT molecular complexity index is 556. The minimum atomic E-state index is -0.290. The first-order valence-electron chi connectivity index (χ1n) is 5.53. The molecule has 0 saturated heterocycles. The Kier molecular flexibility index (Phi) is 3.96. The lowest BCUT2D eigenvalue weighted by atomic mass is 10.1. The van der Waals surface area contributed by atoms with Crippen molar-refractivity contribution in [3.05, 3.63) is 33.4 Å². The quantitative estimate of drug-likeness (QED) is 0.854. The zero-order valence-corrected chi connectivity index (χ0v) is 12.2. The van der Waals surface area contributed by atoms with Crippen molar-refractivity contribution in [1.82, 2.24) is 10.1 Å². The van der Waals surface area contributed by atoms with Crippen molar-refractivity contribution in [3.8, 4) is 11.5 Å². The maximum Gasteiger partial charge on any atom is 0.259 e. The van der Waals surface area contributed by atoms with Crippen LogP contribution in [0, 0.1) is 15.3 Å². The number of hydrogen-bond donors (Lipinski definition) is 1. The van der Waals surface area contributed by atoms with Crippen LogP contribution >= 0.6 is 22.6 Å². The highest BCUT2D eigenvalue weighted by Crippen LogP contribution is 2.26. The Morgan fingerprint density at radius 3 is 2.72 bits per heavy atom. The summed E-state index contributed by atoms with van der Waals surface area (Å²) in [5.74, 6) is 0.773. The zero-order valence-electron chi connectivity index (χ0n) is 10.0. The molecule has 0 aliphatic carbocycles. The number of aromatic nitrogens is 2. The lowest BCUT2D eigenvalue weighted by molar-refractivity contribution is 0.400. The van der Waals surface area contributed by atoms with Crippen LogP contribution in [-0.4, -0.2) is 10.1 Å². The fourth-order valence-corrected chi connectivity index (χ4v) is 2.15. The summed E-state index contributed by atoms with van der Waals surface area (Å²) in [6, 6.07) is 4.14. The van der Waals surface area contributed by atoms with Gasteiger partial charge in [-0.25, -0.2) is 4.39 Å². The average Bonchev–Trinajstić information content (AvgIpc) is 2.77. The van der Waals surface area contributed by atoms with Gasteiger partial charge < -0.3 is 10.3 Å². The second-order valence-corrected chi connectivity index (χ2v) is 5.51. The van der Waals surface area contributed by atoms with E-state index in [1.807, 2.05) is 36.4 Å². The van der Waals surface area contributed by atoms with Gasteiger partial charge in [0.1, 0.15) is 5.82 Å². The van der Waals surface area contributed by atoms with Gasteiger partial charge in [-0.2, -0.15) is 4.98 Å². The molecule has 0 bridgehead atoms. The maximum absolute atomic E-state index is 13.0. The Morgan fingerprint density at radius 2 is 2.11 bits per heavy atom. The van der Waals surface area contributed by atoms with E-state index in [4.69, 9.17) is 10.3 Å². The van der Waals surface area contributed by atoms with Crippen LogP contribution in [0.5, 0.6) is 0 Å². The monoisotopic (exact) mass is 361 g/mol. The molecule has 1 heterocycles. The van der Waals surface area contributed by atoms with Crippen molar-refractivity contribution in [1.29, 1.82) is 0 Å². The Morgan fingerprint density at radius 1 is 1.39 bits per heavy atom. The molecule has 1 aromatic heterocycles. The number of halogens is 2. The molecule has 1 atom stereocenters. The Labute approximate surface area is 118 Å². The molecule has 2 N–H and O–H groups in total. The third kappa shape index (κ3) is 2.69. The van der Waals surface area contributed by atoms with Crippen LogP contribution in [0.2, 0.25) is 0 Å². The first-order chi connectivity index (χ1) is 8.49. The van der Waals surface area contributed by atoms with E-state index in [9.17, 15) is 4.39 Å². The van der Waals surface area contributed by atoms with Gasteiger partial charge in [0.15, 0.2) is 5.82 Å². The van der Waals surface area contributed by atoms with E-state index in [0.29, 0.717) is 17.3 Å². The van der Waals surface area contributed by atoms with E-state index in [1.54, 1.807) is 6.07 Å². The second-order valence-electron chi connectivity index (χ2n) is 4.35. The van der Waals surface area contributed by atoms with Crippen molar-refractivity contribution in [2.24, 2.45) is 11.7 Å². The molecule has 2 rings (SSSR count). The van der Waals surface area contributed by atoms with Gasteiger partial charge in [0.2, 0.25) is 0 Å². The summed E-state index contributed by atoms with van der Waals surface area (Å²) >= 11 is 2.03. The van der Waals surface area contributed by atoms with E-state index >= 15 is 0 Å². The fourth-order valence-electron chi connectivity index (χ4n) is 1.44. The maximum atomic E-state index is 13.0. The molecule has 4 nitrogen and oxygen atoms in total. The smallest absolute Gasteiger partial charge is 0.259 e. The van der Waals surface area contributed by atoms with Gasteiger partial charge in [-0.05, 0) is 46.7 Å². The molecule has 0 amide bonds. The molecule has 0 spiro atoms. The van der Waals surface area contributed by atoms with Crippen molar-refractivity contribution < 1.29 is 8.91 Å². The Balaban J connectivity index is 2.35. The van der Waals surface area contributed by atoms with Crippen LogP contribution in [0.4, 0.5) is 4.39 Å². The van der Waals surface area contributed by atoms with E-state index < -0.39 is 0 Å². The van der Waals surface area contributed by atoms with Gasteiger partial charge in [-0.1, -0.05) is 19.0 Å². The van der Waals surface area contributed by atoms with Gasteiger partial charge in [-0.3, -0.25) is 0 Å². The molecule has 1 aromatic carbocycles.